The molecule has 0 saturated heterocycles. The van der Waals surface area contributed by atoms with Crippen LogP contribution in [-0.2, 0) is 0 Å². The average Bonchev–Trinajstić information content (AvgIpc) is 2.83. The Bertz CT molecular complexity index is 1260. The molecule has 0 aliphatic heterocycles. The molecule has 2 aromatic carbocycles. The van der Waals surface area contributed by atoms with Crippen molar-refractivity contribution in [2.24, 2.45) is 0 Å². The molecular weight excluding hydrogens is 432 g/mol. The highest BCUT2D eigenvalue weighted by atomic mass is 16.5. The zero-order chi connectivity index (χ0) is 24.7. The van der Waals surface area contributed by atoms with Gasteiger partial charge in [0.1, 0.15) is 35.3 Å². The minimum atomic E-state index is -0.202. The molecule has 1 heterocycles. The zero-order valence-corrected chi connectivity index (χ0v) is 20.7. The van der Waals surface area contributed by atoms with Crippen molar-refractivity contribution in [1.82, 2.24) is 0 Å². The summed E-state index contributed by atoms with van der Waals surface area (Å²) in [6.07, 6.45) is 7.77. The Hall–Kier alpha value is -3.67. The van der Waals surface area contributed by atoms with Gasteiger partial charge in [-0.3, -0.25) is 4.79 Å². The first-order chi connectivity index (χ1) is 16.4. The van der Waals surface area contributed by atoms with E-state index in [2.05, 4.69) is 32.9 Å². The van der Waals surface area contributed by atoms with E-state index in [1.807, 2.05) is 6.07 Å². The van der Waals surface area contributed by atoms with Gasteiger partial charge in [-0.15, -0.1) is 0 Å². The first-order valence-electron chi connectivity index (χ1n) is 11.2. The molecule has 0 bridgehead atoms. The second kappa shape index (κ2) is 11.5. The summed E-state index contributed by atoms with van der Waals surface area (Å²) in [6, 6.07) is 8.72. The summed E-state index contributed by atoms with van der Waals surface area (Å²) < 4.78 is 27.9. The molecule has 0 radical (unpaired) electrons. The van der Waals surface area contributed by atoms with Crippen LogP contribution in [-0.4, -0.2) is 27.9 Å². The summed E-state index contributed by atoms with van der Waals surface area (Å²) in [5, 5.41) is 0.355. The molecule has 0 amide bonds. The van der Waals surface area contributed by atoms with Crippen LogP contribution >= 0.6 is 0 Å². The molecule has 3 aromatic rings. The van der Waals surface area contributed by atoms with Crippen LogP contribution in [0.5, 0.6) is 23.0 Å². The van der Waals surface area contributed by atoms with Crippen molar-refractivity contribution < 1.29 is 23.4 Å². The van der Waals surface area contributed by atoms with Crippen molar-refractivity contribution in [2.45, 2.75) is 33.6 Å². The van der Waals surface area contributed by atoms with E-state index in [-0.39, 0.29) is 5.43 Å². The highest BCUT2D eigenvalue weighted by Crippen LogP contribution is 2.34. The van der Waals surface area contributed by atoms with Gasteiger partial charge >= 0.3 is 0 Å². The normalized spacial score (nSPS) is 11.3. The van der Waals surface area contributed by atoms with Gasteiger partial charge in [-0.2, -0.15) is 0 Å². The summed E-state index contributed by atoms with van der Waals surface area (Å²) >= 11 is 0. The lowest BCUT2D eigenvalue weighted by Crippen LogP contribution is -2.07. The number of methoxy groups -OCH3 is 3. The van der Waals surface area contributed by atoms with Gasteiger partial charge < -0.3 is 23.4 Å². The van der Waals surface area contributed by atoms with Gasteiger partial charge in [0.05, 0.1) is 26.9 Å². The van der Waals surface area contributed by atoms with Gasteiger partial charge in [0.25, 0.3) is 0 Å². The fourth-order valence-electron chi connectivity index (χ4n) is 3.59. The average molecular weight is 465 g/mol. The number of benzene rings is 2. The molecule has 0 saturated carbocycles. The Morgan fingerprint density at radius 2 is 1.68 bits per heavy atom. The van der Waals surface area contributed by atoms with Crippen LogP contribution in [0.25, 0.3) is 22.1 Å². The first kappa shape index (κ1) is 25.0. The minimum absolute atomic E-state index is 0.202. The van der Waals surface area contributed by atoms with Crippen LogP contribution in [0, 0.1) is 0 Å². The third-order valence-electron chi connectivity index (χ3n) is 5.51. The Morgan fingerprint density at radius 3 is 2.35 bits per heavy atom. The van der Waals surface area contributed by atoms with E-state index in [1.165, 1.54) is 24.5 Å². The molecule has 34 heavy (non-hydrogen) atoms. The van der Waals surface area contributed by atoms with Gasteiger partial charge in [0, 0.05) is 12.1 Å². The van der Waals surface area contributed by atoms with Crippen molar-refractivity contribution in [2.75, 3.05) is 27.9 Å². The van der Waals surface area contributed by atoms with Gasteiger partial charge in [-0.05, 0) is 57.4 Å². The van der Waals surface area contributed by atoms with Crippen molar-refractivity contribution in [3.8, 4) is 34.1 Å². The summed E-state index contributed by atoms with van der Waals surface area (Å²) in [5.74, 6) is 2.08. The van der Waals surface area contributed by atoms with Crippen molar-refractivity contribution >= 4 is 11.0 Å². The van der Waals surface area contributed by atoms with E-state index in [1.54, 1.807) is 38.5 Å². The van der Waals surface area contributed by atoms with Gasteiger partial charge in [0.2, 0.25) is 5.43 Å². The Kier molecular flexibility index (Phi) is 8.41. The van der Waals surface area contributed by atoms with Crippen molar-refractivity contribution in [1.29, 1.82) is 0 Å². The molecule has 180 valence electrons. The van der Waals surface area contributed by atoms with E-state index < -0.39 is 0 Å². The monoisotopic (exact) mass is 464 g/mol. The van der Waals surface area contributed by atoms with E-state index in [0.29, 0.717) is 51.7 Å². The van der Waals surface area contributed by atoms with Crippen LogP contribution in [0.1, 0.15) is 33.6 Å². The lowest BCUT2D eigenvalue weighted by molar-refractivity contribution is 0.325. The summed E-state index contributed by atoms with van der Waals surface area (Å²) in [5.41, 5.74) is 3.84. The van der Waals surface area contributed by atoms with Crippen molar-refractivity contribution in [3.05, 3.63) is 70.1 Å². The molecule has 6 heteroatoms. The predicted molar refractivity (Wildman–Crippen MR) is 135 cm³/mol. The van der Waals surface area contributed by atoms with Gasteiger partial charge in [0.15, 0.2) is 11.5 Å². The van der Waals surface area contributed by atoms with Gasteiger partial charge in [-0.25, -0.2) is 0 Å². The minimum Gasteiger partial charge on any atom is -0.496 e. The number of rotatable bonds is 10. The first-order valence-corrected chi connectivity index (χ1v) is 11.2. The SMILES string of the molecule is COc1cc(OC)c2c(=O)c(-c3ccc(OC/C=C(\C)CCC=C(C)C)c(OC)c3)coc2c1. The molecular formula is C28H32O6. The molecule has 1 aromatic heterocycles. The second-order valence-electron chi connectivity index (χ2n) is 8.23. The number of fused-ring (bicyclic) bond motifs is 1. The highest BCUT2D eigenvalue weighted by Gasteiger charge is 2.16. The lowest BCUT2D eigenvalue weighted by Gasteiger charge is -2.12. The Morgan fingerprint density at radius 1 is 0.912 bits per heavy atom. The molecule has 0 aliphatic carbocycles. The lowest BCUT2D eigenvalue weighted by atomic mass is 10.0. The Labute approximate surface area is 200 Å². The van der Waals surface area contributed by atoms with E-state index in [0.717, 1.165) is 12.8 Å². The number of allylic oxidation sites excluding steroid dienone is 3. The zero-order valence-electron chi connectivity index (χ0n) is 20.7. The number of ether oxygens (including phenoxy) is 4. The number of hydrogen-bond acceptors (Lipinski definition) is 6. The quantitative estimate of drug-likeness (QED) is 0.317. The maximum atomic E-state index is 13.3. The summed E-state index contributed by atoms with van der Waals surface area (Å²) in [7, 11) is 4.63. The summed E-state index contributed by atoms with van der Waals surface area (Å²) in [6.45, 7) is 6.75. The fraction of sp³-hybridized carbons (Fsp3) is 0.321. The molecule has 0 atom stereocenters. The van der Waals surface area contributed by atoms with Gasteiger partial charge in [-0.1, -0.05) is 23.3 Å². The van der Waals surface area contributed by atoms with Crippen LogP contribution < -0.4 is 24.4 Å². The molecule has 0 unspecified atom stereocenters. The maximum Gasteiger partial charge on any atom is 0.204 e. The van der Waals surface area contributed by atoms with Crippen LogP contribution in [0.4, 0.5) is 0 Å². The molecule has 0 N–H and O–H groups in total. The highest BCUT2D eigenvalue weighted by molar-refractivity contribution is 5.88. The molecule has 0 fully saturated rings. The standard InChI is InChI=1S/C28H32O6/c1-18(2)8-7-9-19(3)12-13-33-23-11-10-20(14-24(23)31-5)22-17-34-26-16-21(30-4)15-25(32-6)27(26)28(22)29/h8,10-12,14-17H,7,9,13H2,1-6H3/b19-12+. The topological polar surface area (TPSA) is 67.1 Å². The smallest absolute Gasteiger partial charge is 0.204 e. The van der Waals surface area contributed by atoms with E-state index in [4.69, 9.17) is 23.4 Å². The summed E-state index contributed by atoms with van der Waals surface area (Å²) in [4.78, 5) is 13.3. The number of hydrogen-bond donors (Lipinski definition) is 0. The maximum absolute atomic E-state index is 13.3. The largest absolute Gasteiger partial charge is 0.496 e. The molecule has 3 rings (SSSR count). The van der Waals surface area contributed by atoms with Crippen LogP contribution in [0.15, 0.2) is 69.1 Å². The van der Waals surface area contributed by atoms with E-state index >= 15 is 0 Å². The predicted octanol–water partition coefficient (Wildman–Crippen LogP) is 6.56. The fourth-order valence-corrected chi connectivity index (χ4v) is 3.59. The van der Waals surface area contributed by atoms with E-state index in [9.17, 15) is 4.79 Å². The van der Waals surface area contributed by atoms with Crippen LogP contribution in [0.3, 0.4) is 0 Å². The Balaban J connectivity index is 1.86. The van der Waals surface area contributed by atoms with Crippen LogP contribution in [0.2, 0.25) is 0 Å². The molecule has 6 nitrogen and oxygen atoms in total. The third kappa shape index (κ3) is 5.81. The molecule has 0 aliphatic rings. The third-order valence-corrected chi connectivity index (χ3v) is 5.51. The second-order valence-corrected chi connectivity index (χ2v) is 8.23. The molecule has 0 spiro atoms. The van der Waals surface area contributed by atoms with Crippen molar-refractivity contribution in [3.63, 3.8) is 0 Å².